The van der Waals surface area contributed by atoms with Crippen molar-refractivity contribution in [2.45, 2.75) is 45.6 Å². The molecule has 1 amide bonds. The van der Waals surface area contributed by atoms with E-state index >= 15 is 0 Å². The van der Waals surface area contributed by atoms with Crippen LogP contribution in [0.1, 0.15) is 47.8 Å². The molecule has 0 saturated carbocycles. The number of piperidine rings is 1. The van der Waals surface area contributed by atoms with Gasteiger partial charge in [0.05, 0.1) is 5.02 Å². The number of aryl methyl sites for hydroxylation is 1. The Labute approximate surface area is 122 Å². The van der Waals surface area contributed by atoms with E-state index in [1.807, 2.05) is 17.2 Å². The fraction of sp³-hybridized carbons (Fsp3) is 0.571. The molecule has 1 aliphatic rings. The van der Waals surface area contributed by atoms with Crippen LogP contribution in [0.25, 0.3) is 0 Å². The lowest BCUT2D eigenvalue weighted by molar-refractivity contribution is -0.118. The summed E-state index contributed by atoms with van der Waals surface area (Å²) in [6, 6.07) is 0.0391. The number of halogens is 1. The van der Waals surface area contributed by atoms with Gasteiger partial charge in [-0.15, -0.1) is 11.3 Å². The van der Waals surface area contributed by atoms with Gasteiger partial charge in [0.2, 0.25) is 0 Å². The summed E-state index contributed by atoms with van der Waals surface area (Å²) in [5.41, 5.74) is 0.940. The quantitative estimate of drug-likeness (QED) is 0.854. The second kappa shape index (κ2) is 6.06. The Morgan fingerprint density at radius 3 is 2.79 bits per heavy atom. The molecule has 1 aromatic rings. The Balaban J connectivity index is 2.20. The van der Waals surface area contributed by atoms with Crippen LogP contribution in [0.3, 0.4) is 0 Å². The molecule has 0 aliphatic carbocycles. The third kappa shape index (κ3) is 3.18. The second-order valence-electron chi connectivity index (χ2n) is 5.12. The largest absolute Gasteiger partial charge is 0.334 e. The summed E-state index contributed by atoms with van der Waals surface area (Å²) in [6.07, 6.45) is 3.45. The molecule has 0 aromatic carbocycles. The number of hydrogen-bond acceptors (Lipinski definition) is 3. The smallest absolute Gasteiger partial charge is 0.265 e. The van der Waals surface area contributed by atoms with E-state index in [0.29, 0.717) is 16.3 Å². The van der Waals surface area contributed by atoms with Gasteiger partial charge in [0.25, 0.3) is 5.91 Å². The van der Waals surface area contributed by atoms with Crippen molar-refractivity contribution >= 4 is 34.6 Å². The normalized spacial score (nSPS) is 19.5. The Bertz CT molecular complexity index is 498. The van der Waals surface area contributed by atoms with Crippen molar-refractivity contribution in [1.29, 1.82) is 0 Å². The van der Waals surface area contributed by atoms with E-state index in [9.17, 15) is 9.59 Å². The van der Waals surface area contributed by atoms with Crippen molar-refractivity contribution < 1.29 is 9.59 Å². The first-order valence-electron chi connectivity index (χ1n) is 6.54. The van der Waals surface area contributed by atoms with E-state index in [-0.39, 0.29) is 17.7 Å². The molecular formula is C14H18ClNO2S. The van der Waals surface area contributed by atoms with Gasteiger partial charge in [-0.2, -0.15) is 0 Å². The number of hydrogen-bond donors (Lipinski definition) is 0. The van der Waals surface area contributed by atoms with Crippen molar-refractivity contribution in [3.8, 4) is 0 Å². The number of nitrogens with zero attached hydrogens (tertiary/aromatic N) is 1. The first kappa shape index (κ1) is 14.5. The third-order valence-electron chi connectivity index (χ3n) is 3.50. The van der Waals surface area contributed by atoms with Gasteiger partial charge in [0.1, 0.15) is 10.7 Å². The van der Waals surface area contributed by atoms with Gasteiger partial charge in [-0.3, -0.25) is 9.59 Å². The predicted octanol–water partition coefficient (Wildman–Crippen LogP) is 3.68. The summed E-state index contributed by atoms with van der Waals surface area (Å²) >= 11 is 7.56. The van der Waals surface area contributed by atoms with E-state index in [1.54, 1.807) is 6.92 Å². The molecule has 0 spiro atoms. The van der Waals surface area contributed by atoms with Gasteiger partial charge in [-0.05, 0) is 44.1 Å². The molecule has 0 radical (unpaired) electrons. The van der Waals surface area contributed by atoms with E-state index in [0.717, 1.165) is 31.4 Å². The lowest BCUT2D eigenvalue weighted by atomic mass is 9.97. The van der Waals surface area contributed by atoms with E-state index in [4.69, 9.17) is 11.6 Å². The highest BCUT2D eigenvalue weighted by Crippen LogP contribution is 2.31. The standard InChI is InChI=1S/C14H18ClNO2S/c1-9-8-19-13(12(9)15)14(18)16-6-4-3-5-11(16)7-10(2)17/h8,11H,3-7H2,1-2H3. The van der Waals surface area contributed by atoms with Crippen molar-refractivity contribution in [3.63, 3.8) is 0 Å². The average molecular weight is 300 g/mol. The summed E-state index contributed by atoms with van der Waals surface area (Å²) in [7, 11) is 0. The number of carbonyl (C=O) groups is 2. The van der Waals surface area contributed by atoms with Crippen LogP contribution >= 0.6 is 22.9 Å². The summed E-state index contributed by atoms with van der Waals surface area (Å²) < 4.78 is 0. The van der Waals surface area contributed by atoms with Gasteiger partial charge in [0, 0.05) is 19.0 Å². The Hall–Kier alpha value is -0.870. The van der Waals surface area contributed by atoms with Crippen LogP contribution in [0.15, 0.2) is 5.38 Å². The minimum Gasteiger partial charge on any atom is -0.334 e. The van der Waals surface area contributed by atoms with E-state index in [1.165, 1.54) is 11.3 Å². The molecule has 0 N–H and O–H groups in total. The predicted molar refractivity (Wildman–Crippen MR) is 78.0 cm³/mol. The monoisotopic (exact) mass is 299 g/mol. The minimum atomic E-state index is -0.0194. The molecular weight excluding hydrogens is 282 g/mol. The molecule has 2 rings (SSSR count). The molecule has 104 valence electrons. The molecule has 0 bridgehead atoms. The van der Waals surface area contributed by atoms with Crippen LogP contribution < -0.4 is 0 Å². The van der Waals surface area contributed by atoms with Gasteiger partial charge < -0.3 is 4.90 Å². The van der Waals surface area contributed by atoms with Crippen molar-refractivity contribution in [2.24, 2.45) is 0 Å². The molecule has 2 heterocycles. The van der Waals surface area contributed by atoms with E-state index < -0.39 is 0 Å². The number of amides is 1. The molecule has 5 heteroatoms. The molecule has 1 atom stereocenters. The van der Waals surface area contributed by atoms with Crippen molar-refractivity contribution in [2.75, 3.05) is 6.54 Å². The van der Waals surface area contributed by atoms with Crippen molar-refractivity contribution in [1.82, 2.24) is 4.90 Å². The molecule has 1 aromatic heterocycles. The van der Waals surface area contributed by atoms with E-state index in [2.05, 4.69) is 0 Å². The summed E-state index contributed by atoms with van der Waals surface area (Å²) in [5.74, 6) is 0.118. The lowest BCUT2D eigenvalue weighted by Gasteiger charge is -2.35. The third-order valence-corrected chi connectivity index (χ3v) is 5.19. The number of likely N-dealkylation sites (tertiary alicyclic amines) is 1. The zero-order valence-corrected chi connectivity index (χ0v) is 12.8. The topological polar surface area (TPSA) is 37.4 Å². The van der Waals surface area contributed by atoms with Gasteiger partial charge in [-0.25, -0.2) is 0 Å². The molecule has 19 heavy (non-hydrogen) atoms. The number of carbonyl (C=O) groups excluding carboxylic acids is 2. The zero-order valence-electron chi connectivity index (χ0n) is 11.2. The van der Waals surface area contributed by atoms with Crippen LogP contribution in [-0.2, 0) is 4.79 Å². The molecule has 1 aliphatic heterocycles. The second-order valence-corrected chi connectivity index (χ2v) is 6.37. The van der Waals surface area contributed by atoms with Crippen LogP contribution in [0.4, 0.5) is 0 Å². The fourth-order valence-electron chi connectivity index (χ4n) is 2.52. The SMILES string of the molecule is CC(=O)CC1CCCCN1C(=O)c1scc(C)c1Cl. The number of ketones is 1. The molecule has 1 saturated heterocycles. The first-order chi connectivity index (χ1) is 9.00. The van der Waals surface area contributed by atoms with Crippen LogP contribution in [-0.4, -0.2) is 29.2 Å². The first-order valence-corrected chi connectivity index (χ1v) is 7.80. The van der Waals surface area contributed by atoms with Gasteiger partial charge in [-0.1, -0.05) is 11.6 Å². The van der Waals surface area contributed by atoms with Crippen molar-refractivity contribution in [3.05, 3.63) is 20.8 Å². The minimum absolute atomic E-state index is 0.0194. The summed E-state index contributed by atoms with van der Waals surface area (Å²) in [5, 5.41) is 2.46. The number of Topliss-reactive ketones (excluding diaryl/α,β-unsaturated/α-hetero) is 1. The zero-order chi connectivity index (χ0) is 14.0. The number of rotatable bonds is 3. The fourth-order valence-corrected chi connectivity index (χ4v) is 3.75. The summed E-state index contributed by atoms with van der Waals surface area (Å²) in [6.45, 7) is 4.21. The van der Waals surface area contributed by atoms with Crippen LogP contribution in [0, 0.1) is 6.92 Å². The maximum atomic E-state index is 12.6. The highest BCUT2D eigenvalue weighted by molar-refractivity contribution is 7.13. The lowest BCUT2D eigenvalue weighted by Crippen LogP contribution is -2.44. The summed E-state index contributed by atoms with van der Waals surface area (Å²) in [4.78, 5) is 26.3. The van der Waals surface area contributed by atoms with Crippen LogP contribution in [0.2, 0.25) is 5.02 Å². The Morgan fingerprint density at radius 1 is 1.47 bits per heavy atom. The average Bonchev–Trinajstić information content (AvgIpc) is 2.69. The molecule has 1 fully saturated rings. The van der Waals surface area contributed by atoms with Crippen LogP contribution in [0.5, 0.6) is 0 Å². The molecule has 3 nitrogen and oxygen atoms in total. The highest BCUT2D eigenvalue weighted by atomic mass is 35.5. The Kier molecular flexibility index (Phi) is 4.63. The highest BCUT2D eigenvalue weighted by Gasteiger charge is 2.30. The number of thiophene rings is 1. The Morgan fingerprint density at radius 2 is 2.21 bits per heavy atom. The van der Waals surface area contributed by atoms with Gasteiger partial charge >= 0.3 is 0 Å². The van der Waals surface area contributed by atoms with Gasteiger partial charge in [0.15, 0.2) is 0 Å². The maximum absolute atomic E-state index is 12.6. The molecule has 1 unspecified atom stereocenters. The maximum Gasteiger partial charge on any atom is 0.265 e.